The zero-order valence-corrected chi connectivity index (χ0v) is 15.3. The Balaban J connectivity index is 1.39. The number of nitrogens with zero attached hydrogens (tertiary/aromatic N) is 2. The van der Waals surface area contributed by atoms with Crippen molar-refractivity contribution < 1.29 is 0 Å². The summed E-state index contributed by atoms with van der Waals surface area (Å²) in [6.45, 7) is 10.7. The van der Waals surface area contributed by atoms with E-state index in [0.29, 0.717) is 0 Å². The number of nitrogens with one attached hydrogen (secondary N) is 1. The minimum atomic E-state index is 0.841. The fraction of sp³-hybridized carbons (Fsp3) is 0.619. The van der Waals surface area contributed by atoms with Crippen LogP contribution in [0.4, 0.5) is 0 Å². The van der Waals surface area contributed by atoms with E-state index < -0.39 is 0 Å². The molecule has 1 aromatic heterocycles. The lowest BCUT2D eigenvalue weighted by molar-refractivity contribution is 0.0891. The summed E-state index contributed by atoms with van der Waals surface area (Å²) >= 11 is 0. The normalized spacial score (nSPS) is 21.6. The van der Waals surface area contributed by atoms with Crippen LogP contribution >= 0.6 is 0 Å². The minimum Gasteiger partial charge on any atom is -0.357 e. The number of hydrogen-bond acceptors (Lipinski definition) is 2. The van der Waals surface area contributed by atoms with Gasteiger partial charge in [-0.2, -0.15) is 0 Å². The van der Waals surface area contributed by atoms with Gasteiger partial charge >= 0.3 is 0 Å². The van der Waals surface area contributed by atoms with Crippen LogP contribution in [0.2, 0.25) is 0 Å². The first kappa shape index (κ1) is 16.2. The van der Waals surface area contributed by atoms with Crippen molar-refractivity contribution >= 4 is 10.9 Å². The second-order valence-electron chi connectivity index (χ2n) is 7.88. The molecule has 2 aliphatic rings. The highest BCUT2D eigenvalue weighted by molar-refractivity contribution is 5.85. The van der Waals surface area contributed by atoms with Crippen LogP contribution in [0.15, 0.2) is 18.2 Å². The third kappa shape index (κ3) is 3.25. The van der Waals surface area contributed by atoms with Crippen molar-refractivity contribution in [2.75, 3.05) is 26.2 Å². The molecule has 2 saturated heterocycles. The predicted octanol–water partition coefficient (Wildman–Crippen LogP) is 4.24. The van der Waals surface area contributed by atoms with E-state index in [0.717, 1.165) is 12.6 Å². The Hall–Kier alpha value is -1.32. The fourth-order valence-corrected chi connectivity index (χ4v) is 4.60. The number of H-pyrrole nitrogens is 1. The van der Waals surface area contributed by atoms with Crippen molar-refractivity contribution in [2.24, 2.45) is 0 Å². The molecule has 0 saturated carbocycles. The molecule has 2 aliphatic heterocycles. The van der Waals surface area contributed by atoms with E-state index in [1.54, 1.807) is 0 Å². The Morgan fingerprint density at radius 3 is 2.50 bits per heavy atom. The molecular weight excluding hydrogens is 294 g/mol. The molecule has 0 radical (unpaired) electrons. The molecule has 1 N–H and O–H groups in total. The molecule has 0 amide bonds. The fourth-order valence-electron chi connectivity index (χ4n) is 4.60. The van der Waals surface area contributed by atoms with E-state index in [4.69, 9.17) is 0 Å². The van der Waals surface area contributed by atoms with Crippen molar-refractivity contribution in [1.29, 1.82) is 0 Å². The van der Waals surface area contributed by atoms with E-state index in [1.807, 2.05) is 0 Å². The number of hydrogen-bond donors (Lipinski definition) is 1. The number of rotatable bonds is 3. The zero-order chi connectivity index (χ0) is 16.5. The number of aromatic nitrogens is 1. The minimum absolute atomic E-state index is 0.841. The molecule has 24 heavy (non-hydrogen) atoms. The number of likely N-dealkylation sites (tertiary alicyclic amines) is 2. The molecule has 3 nitrogen and oxygen atoms in total. The lowest BCUT2D eigenvalue weighted by Gasteiger charge is -2.40. The average molecular weight is 326 g/mol. The number of aromatic amines is 1. The quantitative estimate of drug-likeness (QED) is 0.912. The smallest absolute Gasteiger partial charge is 0.0459 e. The molecule has 2 fully saturated rings. The Bertz CT molecular complexity index is 688. The van der Waals surface area contributed by atoms with Crippen LogP contribution in [0.1, 0.15) is 48.9 Å². The number of fused-ring (bicyclic) bond motifs is 1. The Morgan fingerprint density at radius 2 is 1.75 bits per heavy atom. The zero-order valence-electron chi connectivity index (χ0n) is 15.3. The molecule has 3 heteroatoms. The van der Waals surface area contributed by atoms with Crippen LogP contribution in [0.3, 0.4) is 0 Å². The molecule has 130 valence electrons. The Morgan fingerprint density at radius 1 is 1.00 bits per heavy atom. The molecule has 0 aliphatic carbocycles. The highest BCUT2D eigenvalue weighted by atomic mass is 15.2. The molecular formula is C21H31N3. The Kier molecular flexibility index (Phi) is 4.64. The average Bonchev–Trinajstić information content (AvgIpc) is 2.92. The first-order chi connectivity index (χ1) is 11.7. The van der Waals surface area contributed by atoms with Crippen molar-refractivity contribution in [3.05, 3.63) is 35.0 Å². The van der Waals surface area contributed by atoms with Crippen LogP contribution in [0.25, 0.3) is 10.9 Å². The third-order valence-electron chi connectivity index (χ3n) is 6.16. The van der Waals surface area contributed by atoms with E-state index >= 15 is 0 Å². The SMILES string of the molecule is Cc1ccc2[nH]c(CN3CCC(N4CCCCC4)CC3)c(C)c2c1. The summed E-state index contributed by atoms with van der Waals surface area (Å²) in [6.07, 6.45) is 6.95. The highest BCUT2D eigenvalue weighted by Gasteiger charge is 2.26. The summed E-state index contributed by atoms with van der Waals surface area (Å²) in [5, 5.41) is 1.40. The molecule has 4 rings (SSSR count). The highest BCUT2D eigenvalue weighted by Crippen LogP contribution is 2.26. The number of aryl methyl sites for hydroxylation is 2. The van der Waals surface area contributed by atoms with Crippen LogP contribution < -0.4 is 0 Å². The maximum Gasteiger partial charge on any atom is 0.0459 e. The van der Waals surface area contributed by atoms with Crippen molar-refractivity contribution in [1.82, 2.24) is 14.8 Å². The van der Waals surface area contributed by atoms with Gasteiger partial charge in [-0.15, -0.1) is 0 Å². The standard InChI is InChI=1S/C21H31N3/c1-16-6-7-20-19(14-16)17(2)21(22-20)15-23-12-8-18(9-13-23)24-10-4-3-5-11-24/h6-7,14,18,22H,3-5,8-13,15H2,1-2H3. The van der Waals surface area contributed by atoms with Crippen LogP contribution in [0.5, 0.6) is 0 Å². The van der Waals surface area contributed by atoms with E-state index in [9.17, 15) is 0 Å². The van der Waals surface area contributed by atoms with Gasteiger partial charge in [0.25, 0.3) is 0 Å². The molecule has 0 unspecified atom stereocenters. The van der Waals surface area contributed by atoms with Crippen LogP contribution in [-0.2, 0) is 6.54 Å². The number of benzene rings is 1. The van der Waals surface area contributed by atoms with Gasteiger partial charge in [0.1, 0.15) is 0 Å². The van der Waals surface area contributed by atoms with Gasteiger partial charge in [0.05, 0.1) is 0 Å². The van der Waals surface area contributed by atoms with E-state index in [1.165, 1.54) is 86.0 Å². The Labute approximate surface area is 146 Å². The van der Waals surface area contributed by atoms with Gasteiger partial charge in [0, 0.05) is 42.3 Å². The van der Waals surface area contributed by atoms with Crippen molar-refractivity contribution in [3.63, 3.8) is 0 Å². The molecule has 0 bridgehead atoms. The first-order valence-corrected chi connectivity index (χ1v) is 9.75. The summed E-state index contributed by atoms with van der Waals surface area (Å²) in [7, 11) is 0. The van der Waals surface area contributed by atoms with Crippen LogP contribution in [0, 0.1) is 13.8 Å². The lowest BCUT2D eigenvalue weighted by atomic mass is 9.99. The lowest BCUT2D eigenvalue weighted by Crippen LogP contribution is -2.46. The van der Waals surface area contributed by atoms with Gasteiger partial charge in [-0.05, 0) is 70.3 Å². The molecule has 0 spiro atoms. The van der Waals surface area contributed by atoms with Crippen molar-refractivity contribution in [3.8, 4) is 0 Å². The van der Waals surface area contributed by atoms with Crippen molar-refractivity contribution in [2.45, 2.75) is 58.5 Å². The predicted molar refractivity (Wildman–Crippen MR) is 101 cm³/mol. The summed E-state index contributed by atoms with van der Waals surface area (Å²) < 4.78 is 0. The monoisotopic (exact) mass is 325 g/mol. The third-order valence-corrected chi connectivity index (χ3v) is 6.16. The maximum absolute atomic E-state index is 3.66. The molecule has 3 heterocycles. The largest absolute Gasteiger partial charge is 0.357 e. The van der Waals surface area contributed by atoms with Gasteiger partial charge in [0.2, 0.25) is 0 Å². The summed E-state index contributed by atoms with van der Waals surface area (Å²) in [5.41, 5.74) is 5.48. The summed E-state index contributed by atoms with van der Waals surface area (Å²) in [5.74, 6) is 0. The van der Waals surface area contributed by atoms with Gasteiger partial charge in [0.15, 0.2) is 0 Å². The van der Waals surface area contributed by atoms with Crippen LogP contribution in [-0.4, -0.2) is 47.0 Å². The maximum atomic E-state index is 3.66. The summed E-state index contributed by atoms with van der Waals surface area (Å²) in [6, 6.07) is 7.58. The van der Waals surface area contributed by atoms with E-state index in [2.05, 4.69) is 46.8 Å². The first-order valence-electron chi connectivity index (χ1n) is 9.75. The summed E-state index contributed by atoms with van der Waals surface area (Å²) in [4.78, 5) is 9.07. The number of piperidine rings is 2. The topological polar surface area (TPSA) is 22.3 Å². The molecule has 1 aromatic carbocycles. The van der Waals surface area contributed by atoms with Gasteiger partial charge in [-0.25, -0.2) is 0 Å². The van der Waals surface area contributed by atoms with Gasteiger partial charge in [-0.1, -0.05) is 18.1 Å². The second-order valence-corrected chi connectivity index (χ2v) is 7.88. The van der Waals surface area contributed by atoms with Gasteiger partial charge in [-0.3, -0.25) is 4.90 Å². The second kappa shape index (κ2) is 6.89. The molecule has 0 atom stereocenters. The molecule has 2 aromatic rings. The van der Waals surface area contributed by atoms with E-state index in [-0.39, 0.29) is 0 Å². The van der Waals surface area contributed by atoms with Gasteiger partial charge < -0.3 is 9.88 Å².